The second-order valence-corrected chi connectivity index (χ2v) is 12.2. The number of urea groups is 1. The molecule has 2 heterocycles. The minimum atomic E-state index is -3.79. The predicted molar refractivity (Wildman–Crippen MR) is 138 cm³/mol. The van der Waals surface area contributed by atoms with E-state index in [4.69, 9.17) is 9.47 Å². The lowest BCUT2D eigenvalue weighted by Crippen LogP contribution is -2.49. The number of amides is 5. The highest BCUT2D eigenvalue weighted by Crippen LogP contribution is 2.39. The van der Waals surface area contributed by atoms with Gasteiger partial charge in [0.2, 0.25) is 15.9 Å². The molecule has 1 fully saturated rings. The highest BCUT2D eigenvalue weighted by molar-refractivity contribution is 7.88. The Morgan fingerprint density at radius 3 is 2.43 bits per heavy atom. The van der Waals surface area contributed by atoms with Crippen LogP contribution in [0.5, 0.6) is 11.5 Å². The molecule has 0 bridgehead atoms. The van der Waals surface area contributed by atoms with Gasteiger partial charge >= 0.3 is 12.1 Å². The number of ether oxygens (including phenoxy) is 2. The van der Waals surface area contributed by atoms with Gasteiger partial charge in [0.1, 0.15) is 11.5 Å². The monoisotopic (exact) mass is 552 g/mol. The Balaban J connectivity index is 1.92. The van der Waals surface area contributed by atoms with Crippen molar-refractivity contribution < 1.29 is 37.1 Å². The van der Waals surface area contributed by atoms with E-state index in [1.807, 2.05) is 20.8 Å². The van der Waals surface area contributed by atoms with Gasteiger partial charge in [0, 0.05) is 42.7 Å². The number of hydrogen-bond acceptors (Lipinski definition) is 9. The Hall–Kier alpha value is -3.65. The molecule has 12 nitrogen and oxygen atoms in total. The summed E-state index contributed by atoms with van der Waals surface area (Å²) < 4.78 is 34.2. The summed E-state index contributed by atoms with van der Waals surface area (Å²) in [5, 5.41) is 6.75. The van der Waals surface area contributed by atoms with Crippen LogP contribution in [0.3, 0.4) is 0 Å². The maximum absolute atomic E-state index is 13.4. The minimum Gasteiger partial charge on any atom is -0.496 e. The van der Waals surface area contributed by atoms with Crippen LogP contribution in [-0.4, -0.2) is 63.6 Å². The summed E-state index contributed by atoms with van der Waals surface area (Å²) >= 11 is 1.06. The van der Waals surface area contributed by atoms with Gasteiger partial charge in [0.05, 0.1) is 23.9 Å². The van der Waals surface area contributed by atoms with E-state index in [-0.39, 0.29) is 30.2 Å². The van der Waals surface area contributed by atoms with Crippen LogP contribution >= 0.6 is 11.3 Å². The van der Waals surface area contributed by atoms with Gasteiger partial charge in [0.15, 0.2) is 0 Å². The zero-order valence-corrected chi connectivity index (χ0v) is 22.8. The molecular weight excluding hydrogens is 524 g/mol. The maximum Gasteiger partial charge on any atom is 0.428 e. The summed E-state index contributed by atoms with van der Waals surface area (Å²) in [6.07, 6.45) is -0.109. The SMILES string of the molecule is COc1c(C(=O)Nc2cc(OC(=O)N(C)S(C)(=O)=O)cs2)cc(N2CCC(=O)NC2=O)cc1C(C)(C)C. The lowest BCUT2D eigenvalue weighted by molar-refractivity contribution is -0.120. The van der Waals surface area contributed by atoms with Crippen LogP contribution in [0.2, 0.25) is 0 Å². The molecule has 0 atom stereocenters. The van der Waals surface area contributed by atoms with Crippen molar-refractivity contribution in [3.63, 3.8) is 0 Å². The average molecular weight is 553 g/mol. The van der Waals surface area contributed by atoms with Crippen LogP contribution in [0.25, 0.3) is 0 Å². The Kier molecular flexibility index (Phi) is 7.83. The number of hydrogen-bond donors (Lipinski definition) is 2. The molecule has 1 aromatic heterocycles. The first-order valence-corrected chi connectivity index (χ1v) is 13.7. The Bertz CT molecular complexity index is 1360. The molecule has 14 heteroatoms. The summed E-state index contributed by atoms with van der Waals surface area (Å²) in [4.78, 5) is 50.9. The number of carbonyl (C=O) groups excluding carboxylic acids is 4. The number of thiophene rings is 1. The minimum absolute atomic E-state index is 0.0477. The van der Waals surface area contributed by atoms with E-state index < -0.39 is 33.5 Å². The molecule has 0 spiro atoms. The number of anilines is 2. The molecule has 2 N–H and O–H groups in total. The molecule has 37 heavy (non-hydrogen) atoms. The average Bonchev–Trinajstić information content (AvgIpc) is 3.22. The van der Waals surface area contributed by atoms with Crippen molar-refractivity contribution in [2.45, 2.75) is 32.6 Å². The molecule has 0 unspecified atom stereocenters. The standard InChI is InChI=1S/C23H28N4O8S2/c1-23(2,3)16-10-13(27-8-7-17(28)24-21(27)30)9-15(19(16)34-5)20(29)25-18-11-14(12-36-18)35-22(31)26(4)37(6,32)33/h9-12H,7-8H2,1-6H3,(H,25,29)(H,24,28,30). The third-order valence-electron chi connectivity index (χ3n) is 5.47. The van der Waals surface area contributed by atoms with Gasteiger partial charge in [-0.05, 0) is 17.5 Å². The van der Waals surface area contributed by atoms with E-state index in [1.165, 1.54) is 29.5 Å². The predicted octanol–water partition coefficient (Wildman–Crippen LogP) is 3.14. The summed E-state index contributed by atoms with van der Waals surface area (Å²) in [5.74, 6) is -0.557. The normalized spacial score (nSPS) is 14.2. The maximum atomic E-state index is 13.4. The van der Waals surface area contributed by atoms with Crippen LogP contribution in [0.15, 0.2) is 23.6 Å². The fourth-order valence-electron chi connectivity index (χ4n) is 3.44. The number of benzene rings is 1. The van der Waals surface area contributed by atoms with Crippen LogP contribution in [0, 0.1) is 0 Å². The molecule has 5 amide bonds. The first kappa shape index (κ1) is 27.9. The van der Waals surface area contributed by atoms with Crippen molar-refractivity contribution in [1.82, 2.24) is 9.62 Å². The number of methoxy groups -OCH3 is 1. The molecule has 0 radical (unpaired) electrons. The van der Waals surface area contributed by atoms with Crippen molar-refractivity contribution >= 4 is 56.0 Å². The fourth-order valence-corrected chi connectivity index (χ4v) is 4.45. The topological polar surface area (TPSA) is 151 Å². The van der Waals surface area contributed by atoms with Crippen molar-refractivity contribution in [2.24, 2.45) is 0 Å². The van der Waals surface area contributed by atoms with Crippen molar-refractivity contribution in [3.05, 3.63) is 34.7 Å². The molecule has 0 aliphatic carbocycles. The lowest BCUT2D eigenvalue weighted by Gasteiger charge is -2.30. The third kappa shape index (κ3) is 6.38. The molecular formula is C23H28N4O8S2. The van der Waals surface area contributed by atoms with Gasteiger partial charge in [-0.15, -0.1) is 11.3 Å². The second-order valence-electron chi connectivity index (χ2n) is 9.28. The summed E-state index contributed by atoms with van der Waals surface area (Å²) in [6, 6.07) is 4.05. The van der Waals surface area contributed by atoms with Gasteiger partial charge < -0.3 is 14.8 Å². The number of imide groups is 1. The first-order chi connectivity index (χ1) is 17.1. The van der Waals surface area contributed by atoms with E-state index in [0.29, 0.717) is 26.3 Å². The van der Waals surface area contributed by atoms with Gasteiger partial charge in [0.25, 0.3) is 5.91 Å². The van der Waals surface area contributed by atoms with Gasteiger partial charge in [-0.25, -0.2) is 22.3 Å². The Morgan fingerprint density at radius 1 is 1.19 bits per heavy atom. The van der Waals surface area contributed by atoms with Crippen LogP contribution in [0.4, 0.5) is 20.3 Å². The molecule has 1 saturated heterocycles. The Morgan fingerprint density at radius 2 is 1.86 bits per heavy atom. The smallest absolute Gasteiger partial charge is 0.428 e. The van der Waals surface area contributed by atoms with Crippen LogP contribution in [0.1, 0.15) is 43.1 Å². The highest BCUT2D eigenvalue weighted by atomic mass is 32.2. The zero-order valence-electron chi connectivity index (χ0n) is 21.2. The molecule has 0 saturated carbocycles. The molecule has 200 valence electrons. The largest absolute Gasteiger partial charge is 0.496 e. The summed E-state index contributed by atoms with van der Waals surface area (Å²) in [7, 11) is -1.28. The van der Waals surface area contributed by atoms with E-state index in [9.17, 15) is 27.6 Å². The summed E-state index contributed by atoms with van der Waals surface area (Å²) in [5.41, 5.74) is 0.782. The molecule has 3 rings (SSSR count). The third-order valence-corrected chi connectivity index (χ3v) is 7.44. The zero-order chi connectivity index (χ0) is 27.7. The summed E-state index contributed by atoms with van der Waals surface area (Å²) in [6.45, 7) is 5.96. The number of rotatable bonds is 6. The van der Waals surface area contributed by atoms with E-state index in [0.717, 1.165) is 24.6 Å². The van der Waals surface area contributed by atoms with E-state index >= 15 is 0 Å². The lowest BCUT2D eigenvalue weighted by atomic mass is 9.84. The molecule has 2 aromatic rings. The van der Waals surface area contributed by atoms with E-state index in [2.05, 4.69) is 10.6 Å². The fraction of sp³-hybridized carbons (Fsp3) is 0.391. The van der Waals surface area contributed by atoms with Gasteiger partial charge in [-0.1, -0.05) is 20.8 Å². The van der Waals surface area contributed by atoms with Crippen molar-refractivity contribution in [1.29, 1.82) is 0 Å². The number of nitrogens with one attached hydrogen (secondary N) is 2. The van der Waals surface area contributed by atoms with Crippen molar-refractivity contribution in [2.75, 3.05) is 37.2 Å². The Labute approximate surface area is 218 Å². The quantitative estimate of drug-likeness (QED) is 0.555. The van der Waals surface area contributed by atoms with Crippen LogP contribution < -0.4 is 25.0 Å². The number of sulfonamides is 1. The van der Waals surface area contributed by atoms with Gasteiger partial charge in [-0.2, -0.15) is 0 Å². The first-order valence-electron chi connectivity index (χ1n) is 11.0. The molecule has 1 aliphatic rings. The highest BCUT2D eigenvalue weighted by Gasteiger charge is 2.30. The second kappa shape index (κ2) is 10.4. The molecule has 1 aliphatic heterocycles. The van der Waals surface area contributed by atoms with Crippen LogP contribution in [-0.2, 0) is 20.2 Å². The number of nitrogens with zero attached hydrogens (tertiary/aromatic N) is 2. The van der Waals surface area contributed by atoms with E-state index in [1.54, 1.807) is 6.07 Å². The van der Waals surface area contributed by atoms with Gasteiger partial charge in [-0.3, -0.25) is 19.8 Å². The number of carbonyl (C=O) groups is 4. The van der Waals surface area contributed by atoms with Crippen molar-refractivity contribution in [3.8, 4) is 11.5 Å². The molecule has 1 aromatic carbocycles.